The molecular weight excluding hydrogens is 342 g/mol. The van der Waals surface area contributed by atoms with Crippen molar-refractivity contribution in [2.24, 2.45) is 17.3 Å². The highest BCUT2D eigenvalue weighted by Gasteiger charge is 2.37. The quantitative estimate of drug-likeness (QED) is 0.741. The molecule has 3 saturated heterocycles. The van der Waals surface area contributed by atoms with Gasteiger partial charge in [0.25, 0.3) is 0 Å². The Balaban J connectivity index is 1.51. The van der Waals surface area contributed by atoms with Gasteiger partial charge in [-0.05, 0) is 38.5 Å². The van der Waals surface area contributed by atoms with Crippen LogP contribution in [0.3, 0.4) is 0 Å². The predicted molar refractivity (Wildman–Crippen MR) is 104 cm³/mol. The minimum Gasteiger partial charge on any atom is -0.342 e. The Bertz CT molecular complexity index is 570. The Kier molecular flexibility index (Phi) is 6.11. The summed E-state index contributed by atoms with van der Waals surface area (Å²) in [4.78, 5) is 43.9. The first kappa shape index (κ1) is 20.2. The van der Waals surface area contributed by atoms with Crippen LogP contribution >= 0.6 is 0 Å². The fraction of sp³-hybridized carbons (Fsp3) is 0.857. The Morgan fingerprint density at radius 1 is 0.667 bits per heavy atom. The van der Waals surface area contributed by atoms with Gasteiger partial charge in [0, 0.05) is 50.6 Å². The molecule has 3 heterocycles. The minimum absolute atomic E-state index is 0.0810. The summed E-state index contributed by atoms with van der Waals surface area (Å²) in [7, 11) is 0. The fourth-order valence-electron chi connectivity index (χ4n) is 4.64. The van der Waals surface area contributed by atoms with Crippen molar-refractivity contribution in [2.75, 3.05) is 39.3 Å². The summed E-state index contributed by atoms with van der Waals surface area (Å²) in [5.74, 6) is 0.593. The molecule has 3 aliphatic heterocycles. The first-order valence-electron chi connectivity index (χ1n) is 10.6. The van der Waals surface area contributed by atoms with Crippen LogP contribution in [-0.4, -0.2) is 71.7 Å². The van der Waals surface area contributed by atoms with Gasteiger partial charge >= 0.3 is 0 Å². The molecule has 3 rings (SSSR count). The molecule has 0 bridgehead atoms. The van der Waals surface area contributed by atoms with E-state index in [9.17, 15) is 14.4 Å². The zero-order valence-electron chi connectivity index (χ0n) is 17.2. The second-order valence-corrected chi connectivity index (χ2v) is 9.47. The molecule has 6 heteroatoms. The molecule has 0 saturated carbocycles. The third-order valence-corrected chi connectivity index (χ3v) is 6.27. The monoisotopic (exact) mass is 377 g/mol. The second kappa shape index (κ2) is 8.19. The number of likely N-dealkylation sites (tertiary alicyclic amines) is 3. The van der Waals surface area contributed by atoms with E-state index in [2.05, 4.69) is 0 Å². The summed E-state index contributed by atoms with van der Waals surface area (Å²) in [5.41, 5.74) is -0.404. The first-order valence-corrected chi connectivity index (χ1v) is 10.6. The van der Waals surface area contributed by atoms with Gasteiger partial charge in [-0.2, -0.15) is 0 Å². The molecule has 1 unspecified atom stereocenters. The molecule has 0 aromatic rings. The molecule has 152 valence electrons. The Labute approximate surface area is 163 Å². The van der Waals surface area contributed by atoms with Crippen molar-refractivity contribution in [1.29, 1.82) is 0 Å². The topological polar surface area (TPSA) is 60.9 Å². The number of nitrogens with zero attached hydrogens (tertiary/aromatic N) is 3. The van der Waals surface area contributed by atoms with Crippen LogP contribution in [-0.2, 0) is 14.4 Å². The first-order chi connectivity index (χ1) is 12.8. The van der Waals surface area contributed by atoms with Crippen molar-refractivity contribution < 1.29 is 14.4 Å². The van der Waals surface area contributed by atoms with Gasteiger partial charge in [-0.1, -0.05) is 20.8 Å². The van der Waals surface area contributed by atoms with Crippen molar-refractivity contribution in [3.05, 3.63) is 0 Å². The molecule has 0 radical (unpaired) electrons. The summed E-state index contributed by atoms with van der Waals surface area (Å²) in [6, 6.07) is 0. The smallest absolute Gasteiger partial charge is 0.227 e. The van der Waals surface area contributed by atoms with E-state index in [0.29, 0.717) is 25.5 Å². The third kappa shape index (κ3) is 4.64. The molecule has 3 fully saturated rings. The molecule has 3 amide bonds. The van der Waals surface area contributed by atoms with Crippen molar-refractivity contribution >= 4 is 17.7 Å². The zero-order valence-corrected chi connectivity index (χ0v) is 17.2. The number of amides is 3. The lowest BCUT2D eigenvalue weighted by molar-refractivity contribution is -0.147. The number of hydrogen-bond donors (Lipinski definition) is 0. The van der Waals surface area contributed by atoms with Crippen LogP contribution in [0.15, 0.2) is 0 Å². The van der Waals surface area contributed by atoms with E-state index < -0.39 is 5.41 Å². The van der Waals surface area contributed by atoms with E-state index in [1.54, 1.807) is 0 Å². The van der Waals surface area contributed by atoms with Crippen molar-refractivity contribution in [3.63, 3.8) is 0 Å². The number of piperidine rings is 2. The lowest BCUT2D eigenvalue weighted by atomic mass is 9.89. The standard InChI is InChI=1S/C21H35N3O3/c1-21(2,3)20(27)24-12-6-7-17(15-24)19(26)23-13-8-16(9-14-23)18(25)22-10-4-5-11-22/h16-17H,4-15H2,1-3H3. The average molecular weight is 378 g/mol. The maximum absolute atomic E-state index is 13.0. The number of carbonyl (C=O) groups is 3. The van der Waals surface area contributed by atoms with Crippen LogP contribution < -0.4 is 0 Å². The SMILES string of the molecule is CC(C)(C)C(=O)N1CCCC(C(=O)N2CCC(C(=O)N3CCCC3)CC2)C1. The molecule has 6 nitrogen and oxygen atoms in total. The summed E-state index contributed by atoms with van der Waals surface area (Å²) in [5, 5.41) is 0. The molecule has 1 atom stereocenters. The van der Waals surface area contributed by atoms with Crippen LogP contribution in [0.25, 0.3) is 0 Å². The van der Waals surface area contributed by atoms with Gasteiger partial charge in [-0.3, -0.25) is 14.4 Å². The highest BCUT2D eigenvalue weighted by molar-refractivity contribution is 5.84. The predicted octanol–water partition coefficient (Wildman–Crippen LogP) is 2.13. The molecule has 0 aromatic carbocycles. The summed E-state index contributed by atoms with van der Waals surface area (Å²) in [6.07, 6.45) is 5.54. The van der Waals surface area contributed by atoms with Gasteiger partial charge in [0.2, 0.25) is 17.7 Å². The third-order valence-electron chi connectivity index (χ3n) is 6.27. The van der Waals surface area contributed by atoms with Gasteiger partial charge in [-0.25, -0.2) is 0 Å². The molecule has 0 aromatic heterocycles. The van der Waals surface area contributed by atoms with Crippen molar-refractivity contribution in [1.82, 2.24) is 14.7 Å². The van der Waals surface area contributed by atoms with Crippen molar-refractivity contribution in [3.8, 4) is 0 Å². The van der Waals surface area contributed by atoms with Crippen LogP contribution in [0.1, 0.15) is 59.3 Å². The average Bonchev–Trinajstić information content (AvgIpc) is 3.20. The van der Waals surface area contributed by atoms with Crippen molar-refractivity contribution in [2.45, 2.75) is 59.3 Å². The lowest BCUT2D eigenvalue weighted by Crippen LogP contribution is -2.51. The summed E-state index contributed by atoms with van der Waals surface area (Å²) in [6.45, 7) is 10.2. The largest absolute Gasteiger partial charge is 0.342 e. The van der Waals surface area contributed by atoms with E-state index in [0.717, 1.165) is 58.2 Å². The highest BCUT2D eigenvalue weighted by atomic mass is 16.2. The number of carbonyl (C=O) groups excluding carboxylic acids is 3. The minimum atomic E-state index is -0.404. The molecule has 0 aliphatic carbocycles. The lowest BCUT2D eigenvalue weighted by Gasteiger charge is -2.39. The second-order valence-electron chi connectivity index (χ2n) is 9.47. The van der Waals surface area contributed by atoms with Crippen LogP contribution in [0, 0.1) is 17.3 Å². The van der Waals surface area contributed by atoms with Gasteiger partial charge in [0.15, 0.2) is 0 Å². The zero-order chi connectivity index (χ0) is 19.6. The van der Waals surface area contributed by atoms with Gasteiger partial charge in [0.1, 0.15) is 0 Å². The number of hydrogen-bond acceptors (Lipinski definition) is 3. The van der Waals surface area contributed by atoms with E-state index in [4.69, 9.17) is 0 Å². The van der Waals surface area contributed by atoms with Gasteiger partial charge in [-0.15, -0.1) is 0 Å². The Morgan fingerprint density at radius 2 is 1.19 bits per heavy atom. The maximum Gasteiger partial charge on any atom is 0.227 e. The fourth-order valence-corrected chi connectivity index (χ4v) is 4.64. The maximum atomic E-state index is 13.0. The van der Waals surface area contributed by atoms with E-state index in [1.165, 1.54) is 0 Å². The van der Waals surface area contributed by atoms with E-state index >= 15 is 0 Å². The van der Waals surface area contributed by atoms with Gasteiger partial charge < -0.3 is 14.7 Å². The van der Waals surface area contributed by atoms with Crippen LogP contribution in [0.2, 0.25) is 0 Å². The molecule has 27 heavy (non-hydrogen) atoms. The Hall–Kier alpha value is -1.59. The van der Waals surface area contributed by atoms with E-state index in [-0.39, 0.29) is 23.7 Å². The Morgan fingerprint density at radius 3 is 1.78 bits per heavy atom. The molecule has 0 spiro atoms. The van der Waals surface area contributed by atoms with Crippen LogP contribution in [0.4, 0.5) is 0 Å². The van der Waals surface area contributed by atoms with Gasteiger partial charge in [0.05, 0.1) is 5.92 Å². The molecule has 3 aliphatic rings. The molecular formula is C21H35N3O3. The molecule has 0 N–H and O–H groups in total. The summed E-state index contributed by atoms with van der Waals surface area (Å²) >= 11 is 0. The number of rotatable bonds is 2. The normalized spacial score (nSPS) is 25.0. The van der Waals surface area contributed by atoms with Crippen LogP contribution in [0.5, 0.6) is 0 Å². The van der Waals surface area contributed by atoms with E-state index in [1.807, 2.05) is 35.5 Å². The highest BCUT2D eigenvalue weighted by Crippen LogP contribution is 2.27. The summed E-state index contributed by atoms with van der Waals surface area (Å²) < 4.78 is 0.